The molecule has 0 aliphatic carbocycles. The van der Waals surface area contributed by atoms with Crippen molar-refractivity contribution in [1.29, 1.82) is 0 Å². The van der Waals surface area contributed by atoms with Crippen LogP contribution in [0.5, 0.6) is 0 Å². The van der Waals surface area contributed by atoms with E-state index in [2.05, 4.69) is 4.98 Å². The number of carbonyl (C=O) groups excluding carboxylic acids is 1. The standard InChI is InChI=1S/C14H17N3O2/c1-10-3-4-11(15)9-12(10)14(18)19-8-5-13-16-6-7-17(13)2/h3-4,6-7,9H,5,8,15H2,1-2H3. The zero-order chi connectivity index (χ0) is 13.8. The van der Waals surface area contributed by atoms with Gasteiger partial charge in [0, 0.05) is 31.5 Å². The highest BCUT2D eigenvalue weighted by atomic mass is 16.5. The number of rotatable bonds is 4. The van der Waals surface area contributed by atoms with Gasteiger partial charge in [0.1, 0.15) is 5.82 Å². The number of aryl methyl sites for hydroxylation is 2. The smallest absolute Gasteiger partial charge is 0.338 e. The lowest BCUT2D eigenvalue weighted by Crippen LogP contribution is -2.11. The summed E-state index contributed by atoms with van der Waals surface area (Å²) < 4.78 is 7.15. The summed E-state index contributed by atoms with van der Waals surface area (Å²) in [4.78, 5) is 16.1. The molecule has 0 atom stereocenters. The Morgan fingerprint density at radius 2 is 2.26 bits per heavy atom. The van der Waals surface area contributed by atoms with Crippen molar-refractivity contribution in [1.82, 2.24) is 9.55 Å². The van der Waals surface area contributed by atoms with Crippen molar-refractivity contribution < 1.29 is 9.53 Å². The third kappa shape index (κ3) is 3.13. The van der Waals surface area contributed by atoms with E-state index in [1.54, 1.807) is 18.3 Å². The third-order valence-electron chi connectivity index (χ3n) is 2.96. The minimum atomic E-state index is -0.348. The lowest BCUT2D eigenvalue weighted by atomic mass is 10.1. The van der Waals surface area contributed by atoms with Crippen LogP contribution in [0.4, 0.5) is 5.69 Å². The summed E-state index contributed by atoms with van der Waals surface area (Å²) in [7, 11) is 1.91. The predicted octanol–water partition coefficient (Wildman–Crippen LogP) is 1.71. The predicted molar refractivity (Wildman–Crippen MR) is 72.8 cm³/mol. The number of nitrogens with zero attached hydrogens (tertiary/aromatic N) is 2. The Morgan fingerprint density at radius 3 is 2.95 bits per heavy atom. The monoisotopic (exact) mass is 259 g/mol. The second-order valence-electron chi connectivity index (χ2n) is 4.41. The zero-order valence-corrected chi connectivity index (χ0v) is 11.1. The number of anilines is 1. The number of esters is 1. The fourth-order valence-corrected chi connectivity index (χ4v) is 1.81. The number of carbonyl (C=O) groups is 1. The van der Waals surface area contributed by atoms with Crippen molar-refractivity contribution in [2.24, 2.45) is 7.05 Å². The van der Waals surface area contributed by atoms with Crippen molar-refractivity contribution in [3.05, 3.63) is 47.5 Å². The van der Waals surface area contributed by atoms with Crippen LogP contribution in [-0.2, 0) is 18.2 Å². The van der Waals surface area contributed by atoms with Crippen LogP contribution in [0.2, 0.25) is 0 Å². The second-order valence-corrected chi connectivity index (χ2v) is 4.41. The number of benzene rings is 1. The molecule has 0 saturated heterocycles. The maximum Gasteiger partial charge on any atom is 0.338 e. The van der Waals surface area contributed by atoms with Gasteiger partial charge in [-0.25, -0.2) is 9.78 Å². The molecule has 2 N–H and O–H groups in total. The molecule has 19 heavy (non-hydrogen) atoms. The van der Waals surface area contributed by atoms with E-state index in [9.17, 15) is 4.79 Å². The molecule has 2 aromatic rings. The Bertz CT molecular complexity index is 590. The maximum absolute atomic E-state index is 11.9. The van der Waals surface area contributed by atoms with Gasteiger partial charge in [0.25, 0.3) is 0 Å². The summed E-state index contributed by atoms with van der Waals surface area (Å²) in [6.07, 6.45) is 4.18. The summed E-state index contributed by atoms with van der Waals surface area (Å²) in [6.45, 7) is 2.16. The van der Waals surface area contributed by atoms with Crippen LogP contribution in [0, 0.1) is 6.92 Å². The fourth-order valence-electron chi connectivity index (χ4n) is 1.81. The Labute approximate surface area is 112 Å². The van der Waals surface area contributed by atoms with Gasteiger partial charge in [-0.3, -0.25) is 0 Å². The first-order chi connectivity index (χ1) is 9.08. The van der Waals surface area contributed by atoms with E-state index in [1.807, 2.05) is 30.8 Å². The van der Waals surface area contributed by atoms with Crippen LogP contribution in [-0.4, -0.2) is 22.1 Å². The molecule has 100 valence electrons. The molecule has 0 saturated carbocycles. The molecule has 1 aromatic heterocycles. The van der Waals surface area contributed by atoms with Crippen LogP contribution in [0.1, 0.15) is 21.7 Å². The highest BCUT2D eigenvalue weighted by Gasteiger charge is 2.11. The van der Waals surface area contributed by atoms with E-state index in [0.29, 0.717) is 24.3 Å². The van der Waals surface area contributed by atoms with E-state index >= 15 is 0 Å². The summed E-state index contributed by atoms with van der Waals surface area (Å²) in [5.41, 5.74) is 7.60. The van der Waals surface area contributed by atoms with Gasteiger partial charge in [-0.15, -0.1) is 0 Å². The highest BCUT2D eigenvalue weighted by molar-refractivity contribution is 5.92. The Kier molecular flexibility index (Phi) is 3.85. The number of hydrogen-bond acceptors (Lipinski definition) is 4. The van der Waals surface area contributed by atoms with Crippen molar-refractivity contribution >= 4 is 11.7 Å². The molecule has 5 heteroatoms. The van der Waals surface area contributed by atoms with Crippen LogP contribution < -0.4 is 5.73 Å². The molecule has 1 aromatic carbocycles. The van der Waals surface area contributed by atoms with Gasteiger partial charge in [-0.2, -0.15) is 0 Å². The Hall–Kier alpha value is -2.30. The molecule has 0 spiro atoms. The molecule has 0 radical (unpaired) electrons. The van der Waals surface area contributed by atoms with Gasteiger partial charge in [-0.05, 0) is 24.6 Å². The summed E-state index contributed by atoms with van der Waals surface area (Å²) in [5.74, 6) is 0.538. The van der Waals surface area contributed by atoms with Gasteiger partial charge in [0.2, 0.25) is 0 Å². The van der Waals surface area contributed by atoms with Gasteiger partial charge in [-0.1, -0.05) is 6.07 Å². The molecule has 0 bridgehead atoms. The molecular weight excluding hydrogens is 242 g/mol. The molecule has 5 nitrogen and oxygen atoms in total. The van der Waals surface area contributed by atoms with Gasteiger partial charge < -0.3 is 15.0 Å². The summed E-state index contributed by atoms with van der Waals surface area (Å²) >= 11 is 0. The van der Waals surface area contributed by atoms with Crippen LogP contribution in [0.3, 0.4) is 0 Å². The number of nitrogens with two attached hydrogens (primary N) is 1. The maximum atomic E-state index is 11.9. The molecule has 0 fully saturated rings. The van der Waals surface area contributed by atoms with Crippen molar-refractivity contribution in [2.45, 2.75) is 13.3 Å². The van der Waals surface area contributed by atoms with Crippen molar-refractivity contribution in [3.8, 4) is 0 Å². The fraction of sp³-hybridized carbons (Fsp3) is 0.286. The van der Waals surface area contributed by atoms with E-state index in [0.717, 1.165) is 11.4 Å². The van der Waals surface area contributed by atoms with Gasteiger partial charge >= 0.3 is 5.97 Å². The number of aromatic nitrogens is 2. The largest absolute Gasteiger partial charge is 0.462 e. The zero-order valence-electron chi connectivity index (χ0n) is 11.1. The average Bonchev–Trinajstić information content (AvgIpc) is 2.78. The lowest BCUT2D eigenvalue weighted by molar-refractivity contribution is 0.0506. The molecule has 1 heterocycles. The number of ether oxygens (including phenoxy) is 1. The first kappa shape index (κ1) is 13.1. The van der Waals surface area contributed by atoms with Crippen molar-refractivity contribution in [3.63, 3.8) is 0 Å². The topological polar surface area (TPSA) is 70.1 Å². The Balaban J connectivity index is 1.94. The van der Waals surface area contributed by atoms with Crippen molar-refractivity contribution in [2.75, 3.05) is 12.3 Å². The molecule has 0 unspecified atom stereocenters. The minimum Gasteiger partial charge on any atom is -0.462 e. The SMILES string of the molecule is Cc1ccc(N)cc1C(=O)OCCc1nccn1C. The first-order valence-corrected chi connectivity index (χ1v) is 6.07. The van der Waals surface area contributed by atoms with Gasteiger partial charge in [0.15, 0.2) is 0 Å². The molecule has 0 aliphatic heterocycles. The average molecular weight is 259 g/mol. The highest BCUT2D eigenvalue weighted by Crippen LogP contribution is 2.13. The molecule has 0 aliphatic rings. The lowest BCUT2D eigenvalue weighted by Gasteiger charge is -2.08. The third-order valence-corrected chi connectivity index (χ3v) is 2.96. The molecule has 2 rings (SSSR count). The summed E-state index contributed by atoms with van der Waals surface area (Å²) in [5, 5.41) is 0. The normalized spacial score (nSPS) is 10.4. The van der Waals surface area contributed by atoms with E-state index in [-0.39, 0.29) is 5.97 Å². The van der Waals surface area contributed by atoms with Crippen LogP contribution in [0.15, 0.2) is 30.6 Å². The van der Waals surface area contributed by atoms with Crippen LogP contribution in [0.25, 0.3) is 0 Å². The number of imidazole rings is 1. The molecule has 0 amide bonds. The molecular formula is C14H17N3O2. The number of hydrogen-bond donors (Lipinski definition) is 1. The van der Waals surface area contributed by atoms with E-state index < -0.39 is 0 Å². The number of nitrogen functional groups attached to an aromatic ring is 1. The van der Waals surface area contributed by atoms with Crippen LogP contribution >= 0.6 is 0 Å². The van der Waals surface area contributed by atoms with Gasteiger partial charge in [0.05, 0.1) is 12.2 Å². The second kappa shape index (κ2) is 5.56. The Morgan fingerprint density at radius 1 is 1.47 bits per heavy atom. The minimum absolute atomic E-state index is 0.303. The first-order valence-electron chi connectivity index (χ1n) is 6.07. The quantitative estimate of drug-likeness (QED) is 0.670. The van der Waals surface area contributed by atoms with E-state index in [1.165, 1.54) is 0 Å². The van der Waals surface area contributed by atoms with E-state index in [4.69, 9.17) is 10.5 Å². The summed E-state index contributed by atoms with van der Waals surface area (Å²) in [6, 6.07) is 5.21.